The highest BCUT2D eigenvalue weighted by molar-refractivity contribution is 9.11. The quantitative estimate of drug-likeness (QED) is 0.838. The summed E-state index contributed by atoms with van der Waals surface area (Å²) in [5.41, 5.74) is 0. The van der Waals surface area contributed by atoms with Crippen LogP contribution in [0, 0.1) is 5.92 Å². The Labute approximate surface area is 95.9 Å². The number of hydrogen-bond donors (Lipinski definition) is 1. The normalized spacial score (nSPS) is 34.4. The molecule has 0 aromatic carbocycles. The fourth-order valence-corrected chi connectivity index (χ4v) is 2.23. The van der Waals surface area contributed by atoms with E-state index >= 15 is 0 Å². The number of nitrogens with one attached hydrogen (secondary N) is 1. The highest BCUT2D eigenvalue weighted by Crippen LogP contribution is 2.20. The van der Waals surface area contributed by atoms with Crippen LogP contribution in [0.15, 0.2) is 11.1 Å². The molecule has 0 aromatic heterocycles. The fraction of sp³-hybridized carbons (Fsp3) is 0.818. The van der Waals surface area contributed by atoms with Gasteiger partial charge in [-0.25, -0.2) is 0 Å². The summed E-state index contributed by atoms with van der Waals surface area (Å²) in [5.74, 6) is 0.725. The molecule has 3 unspecified atom stereocenters. The van der Waals surface area contributed by atoms with Crippen molar-refractivity contribution in [3.63, 3.8) is 0 Å². The van der Waals surface area contributed by atoms with Gasteiger partial charge < -0.3 is 10.2 Å². The van der Waals surface area contributed by atoms with E-state index in [0.717, 1.165) is 16.9 Å². The number of hydrogen-bond acceptors (Lipinski definition) is 2. The second-order valence-corrected chi connectivity index (χ2v) is 5.63. The number of halogens is 1. The zero-order chi connectivity index (χ0) is 10.7. The Morgan fingerprint density at radius 2 is 2.21 bits per heavy atom. The van der Waals surface area contributed by atoms with Crippen molar-refractivity contribution in [2.75, 3.05) is 20.1 Å². The number of nitrogens with zero attached hydrogens (tertiary/aromatic N) is 1. The van der Waals surface area contributed by atoms with Gasteiger partial charge in [-0.2, -0.15) is 0 Å². The zero-order valence-corrected chi connectivity index (χ0v) is 11.0. The minimum absolute atomic E-state index is 0.635. The largest absolute Gasteiger partial charge is 0.309 e. The second-order valence-electron chi connectivity index (χ2n) is 4.51. The smallest absolute Gasteiger partial charge is 0.0268 e. The molecule has 1 aliphatic rings. The van der Waals surface area contributed by atoms with Gasteiger partial charge in [-0.1, -0.05) is 29.4 Å². The van der Waals surface area contributed by atoms with Crippen molar-refractivity contribution in [3.8, 4) is 0 Å². The summed E-state index contributed by atoms with van der Waals surface area (Å²) in [6, 6.07) is 1.32. The van der Waals surface area contributed by atoms with Gasteiger partial charge in [-0.15, -0.1) is 0 Å². The maximum atomic E-state index is 3.84. The molecule has 0 saturated carbocycles. The molecule has 1 heterocycles. The molecule has 3 heteroatoms. The first-order valence-corrected chi connectivity index (χ1v) is 6.07. The molecule has 3 atom stereocenters. The summed E-state index contributed by atoms with van der Waals surface area (Å²) in [7, 11) is 2.21. The molecular weight excluding hydrogens is 240 g/mol. The van der Waals surface area contributed by atoms with Crippen molar-refractivity contribution in [2.24, 2.45) is 5.92 Å². The lowest BCUT2D eigenvalue weighted by Crippen LogP contribution is -2.51. The molecule has 1 saturated heterocycles. The van der Waals surface area contributed by atoms with Gasteiger partial charge in [-0.3, -0.25) is 0 Å². The molecule has 0 bridgehead atoms. The van der Waals surface area contributed by atoms with Gasteiger partial charge in [0.25, 0.3) is 0 Å². The summed E-state index contributed by atoms with van der Waals surface area (Å²) in [6.07, 6.45) is 1.23. The summed E-state index contributed by atoms with van der Waals surface area (Å²) in [4.78, 5) is 2.44. The van der Waals surface area contributed by atoms with Crippen molar-refractivity contribution < 1.29 is 0 Å². The predicted octanol–water partition coefficient (Wildman–Crippen LogP) is 2.21. The van der Waals surface area contributed by atoms with Crippen LogP contribution in [0.1, 0.15) is 20.3 Å². The third kappa shape index (κ3) is 3.37. The van der Waals surface area contributed by atoms with Crippen LogP contribution < -0.4 is 5.32 Å². The lowest BCUT2D eigenvalue weighted by Gasteiger charge is -2.40. The minimum atomic E-state index is 0.635. The maximum Gasteiger partial charge on any atom is 0.0268 e. The van der Waals surface area contributed by atoms with E-state index in [1.54, 1.807) is 0 Å². The Bertz CT molecular complexity index is 205. The molecule has 2 nitrogen and oxygen atoms in total. The number of piperidine rings is 1. The van der Waals surface area contributed by atoms with E-state index in [4.69, 9.17) is 0 Å². The molecule has 1 aliphatic heterocycles. The van der Waals surface area contributed by atoms with Gasteiger partial charge in [0.05, 0.1) is 0 Å². The first kappa shape index (κ1) is 12.2. The molecule has 0 aromatic rings. The molecule has 82 valence electrons. The van der Waals surface area contributed by atoms with E-state index in [1.165, 1.54) is 13.0 Å². The third-order valence-electron chi connectivity index (χ3n) is 3.17. The van der Waals surface area contributed by atoms with Crippen LogP contribution in [0.3, 0.4) is 0 Å². The van der Waals surface area contributed by atoms with Crippen LogP contribution in [0.5, 0.6) is 0 Å². The maximum absolute atomic E-state index is 3.84. The van der Waals surface area contributed by atoms with E-state index in [0.29, 0.717) is 12.1 Å². The van der Waals surface area contributed by atoms with Crippen molar-refractivity contribution in [2.45, 2.75) is 32.4 Å². The van der Waals surface area contributed by atoms with Crippen LogP contribution in [0.2, 0.25) is 0 Å². The molecule has 0 aliphatic carbocycles. The second kappa shape index (κ2) is 5.29. The Balaban J connectivity index is 2.40. The van der Waals surface area contributed by atoms with Gasteiger partial charge in [0, 0.05) is 29.7 Å². The Hall–Kier alpha value is 0.140. The van der Waals surface area contributed by atoms with Gasteiger partial charge in [0.1, 0.15) is 0 Å². The monoisotopic (exact) mass is 260 g/mol. The highest BCUT2D eigenvalue weighted by atomic mass is 79.9. The van der Waals surface area contributed by atoms with E-state index in [9.17, 15) is 0 Å². The van der Waals surface area contributed by atoms with Gasteiger partial charge in [0.2, 0.25) is 0 Å². The lowest BCUT2D eigenvalue weighted by atomic mass is 9.90. The van der Waals surface area contributed by atoms with Gasteiger partial charge >= 0.3 is 0 Å². The van der Waals surface area contributed by atoms with Crippen LogP contribution in [0.25, 0.3) is 0 Å². The van der Waals surface area contributed by atoms with E-state index in [1.807, 2.05) is 0 Å². The van der Waals surface area contributed by atoms with E-state index in [2.05, 4.69) is 53.6 Å². The van der Waals surface area contributed by atoms with E-state index < -0.39 is 0 Å². The SMILES string of the molecule is C=C(Br)CNC1CC(C)N(C)CC1C. The lowest BCUT2D eigenvalue weighted by molar-refractivity contribution is 0.123. The standard InChI is InChI=1S/C11H21BrN2/c1-8-7-14(4)10(3)5-11(8)13-6-9(2)12/h8,10-11,13H,2,5-7H2,1,3-4H3. The molecule has 0 amide bonds. The molecule has 1 fully saturated rings. The predicted molar refractivity (Wildman–Crippen MR) is 65.7 cm³/mol. The van der Waals surface area contributed by atoms with Crippen molar-refractivity contribution in [1.82, 2.24) is 10.2 Å². The topological polar surface area (TPSA) is 15.3 Å². The van der Waals surface area contributed by atoms with Crippen molar-refractivity contribution in [1.29, 1.82) is 0 Å². The summed E-state index contributed by atoms with van der Waals surface area (Å²) < 4.78 is 1.04. The number of likely N-dealkylation sites (tertiary alicyclic amines) is 1. The van der Waals surface area contributed by atoms with Crippen LogP contribution >= 0.6 is 15.9 Å². The molecule has 14 heavy (non-hydrogen) atoms. The fourth-order valence-electron chi connectivity index (χ4n) is 2.07. The summed E-state index contributed by atoms with van der Waals surface area (Å²) >= 11 is 3.38. The summed E-state index contributed by atoms with van der Waals surface area (Å²) in [5, 5.41) is 3.55. The first-order valence-electron chi connectivity index (χ1n) is 5.27. The van der Waals surface area contributed by atoms with Crippen LogP contribution in [-0.4, -0.2) is 37.1 Å². The number of rotatable bonds is 3. The van der Waals surface area contributed by atoms with Crippen LogP contribution in [0.4, 0.5) is 0 Å². The highest BCUT2D eigenvalue weighted by Gasteiger charge is 2.28. The van der Waals surface area contributed by atoms with E-state index in [-0.39, 0.29) is 0 Å². The average Bonchev–Trinajstić information content (AvgIpc) is 2.09. The molecular formula is C11H21BrN2. The molecule has 0 radical (unpaired) electrons. The van der Waals surface area contributed by atoms with Gasteiger partial charge in [-0.05, 0) is 26.3 Å². The van der Waals surface area contributed by atoms with Crippen molar-refractivity contribution in [3.05, 3.63) is 11.1 Å². The Kier molecular flexibility index (Phi) is 4.61. The van der Waals surface area contributed by atoms with Gasteiger partial charge in [0.15, 0.2) is 0 Å². The molecule has 1 rings (SSSR count). The molecule has 0 spiro atoms. The third-order valence-corrected chi connectivity index (χ3v) is 3.45. The first-order chi connectivity index (χ1) is 6.50. The average molecular weight is 261 g/mol. The Morgan fingerprint density at radius 1 is 1.57 bits per heavy atom. The minimum Gasteiger partial charge on any atom is -0.309 e. The summed E-state index contributed by atoms with van der Waals surface area (Å²) in [6.45, 7) is 10.5. The zero-order valence-electron chi connectivity index (χ0n) is 9.39. The molecule has 1 N–H and O–H groups in total. The van der Waals surface area contributed by atoms with Crippen LogP contribution in [-0.2, 0) is 0 Å². The van der Waals surface area contributed by atoms with Crippen molar-refractivity contribution >= 4 is 15.9 Å². The Morgan fingerprint density at radius 3 is 2.79 bits per heavy atom.